The van der Waals surface area contributed by atoms with Crippen molar-refractivity contribution in [1.29, 1.82) is 0 Å². The van der Waals surface area contributed by atoms with Crippen LogP contribution < -0.4 is 5.32 Å². The number of hydrogen-bond donors (Lipinski definition) is 1. The van der Waals surface area contributed by atoms with Crippen LogP contribution in [0.4, 0.5) is 0 Å². The van der Waals surface area contributed by atoms with Gasteiger partial charge in [0.15, 0.2) is 0 Å². The van der Waals surface area contributed by atoms with Crippen LogP contribution in [0.15, 0.2) is 0 Å². The normalized spacial score (nSPS) is 40.3. The smallest absolute Gasteiger partial charge is 0.0110 e. The van der Waals surface area contributed by atoms with Crippen molar-refractivity contribution in [1.82, 2.24) is 10.2 Å². The van der Waals surface area contributed by atoms with E-state index in [-0.39, 0.29) is 0 Å². The van der Waals surface area contributed by atoms with Crippen LogP contribution in [0.25, 0.3) is 0 Å². The Balaban J connectivity index is 1.86. The van der Waals surface area contributed by atoms with Crippen LogP contribution in [0.2, 0.25) is 0 Å². The molecule has 1 aliphatic carbocycles. The Kier molecular flexibility index (Phi) is 3.45. The van der Waals surface area contributed by atoms with E-state index in [0.717, 1.165) is 17.9 Å². The lowest BCUT2D eigenvalue weighted by Gasteiger charge is -2.32. The molecule has 0 spiro atoms. The molecule has 1 aliphatic heterocycles. The molecule has 0 bridgehead atoms. The van der Waals surface area contributed by atoms with E-state index in [1.807, 2.05) is 0 Å². The Morgan fingerprint density at radius 3 is 2.50 bits per heavy atom. The Bertz CT molecular complexity index is 175. The summed E-state index contributed by atoms with van der Waals surface area (Å²) in [6.07, 6.45) is 4.28. The number of rotatable bonds is 2. The summed E-state index contributed by atoms with van der Waals surface area (Å²) in [6, 6.07) is 0.900. The van der Waals surface area contributed by atoms with Gasteiger partial charge in [-0.25, -0.2) is 0 Å². The van der Waals surface area contributed by atoms with E-state index >= 15 is 0 Å². The minimum absolute atomic E-state index is 0.900. The Morgan fingerprint density at radius 1 is 1.21 bits per heavy atom. The standard InChI is InChI=1S/C12H24N2/c1-3-11-9-12(8-10(11)2)14-6-4-13-5-7-14/h10-13H,3-9H2,1-2H3. The first-order chi connectivity index (χ1) is 6.81. The van der Waals surface area contributed by atoms with Crippen molar-refractivity contribution in [3.05, 3.63) is 0 Å². The fourth-order valence-electron chi connectivity index (χ4n) is 3.21. The predicted octanol–water partition coefficient (Wildman–Crippen LogP) is 1.72. The molecule has 14 heavy (non-hydrogen) atoms. The molecule has 2 nitrogen and oxygen atoms in total. The number of piperazine rings is 1. The first kappa shape index (κ1) is 10.4. The quantitative estimate of drug-likeness (QED) is 0.723. The summed E-state index contributed by atoms with van der Waals surface area (Å²) in [5, 5.41) is 3.43. The Hall–Kier alpha value is -0.0800. The van der Waals surface area contributed by atoms with Gasteiger partial charge >= 0.3 is 0 Å². The molecule has 1 N–H and O–H groups in total. The third-order valence-corrected chi connectivity index (χ3v) is 4.22. The van der Waals surface area contributed by atoms with E-state index in [0.29, 0.717) is 0 Å². The third kappa shape index (κ3) is 2.12. The molecule has 2 fully saturated rings. The van der Waals surface area contributed by atoms with Gasteiger partial charge in [0.1, 0.15) is 0 Å². The van der Waals surface area contributed by atoms with Gasteiger partial charge in [-0.2, -0.15) is 0 Å². The van der Waals surface area contributed by atoms with E-state index in [4.69, 9.17) is 0 Å². The molecule has 0 aromatic rings. The van der Waals surface area contributed by atoms with Crippen molar-refractivity contribution in [2.24, 2.45) is 11.8 Å². The molecule has 1 heterocycles. The van der Waals surface area contributed by atoms with Crippen LogP contribution in [0.1, 0.15) is 33.1 Å². The highest BCUT2D eigenvalue weighted by Crippen LogP contribution is 2.36. The molecule has 1 saturated carbocycles. The lowest BCUT2D eigenvalue weighted by atomic mass is 9.96. The molecule has 0 amide bonds. The predicted molar refractivity (Wildman–Crippen MR) is 60.4 cm³/mol. The van der Waals surface area contributed by atoms with Crippen LogP contribution in [0.3, 0.4) is 0 Å². The van der Waals surface area contributed by atoms with Gasteiger partial charge in [0.2, 0.25) is 0 Å². The number of hydrogen-bond acceptors (Lipinski definition) is 2. The first-order valence-electron chi connectivity index (χ1n) is 6.26. The summed E-state index contributed by atoms with van der Waals surface area (Å²) in [5.74, 6) is 1.95. The SMILES string of the molecule is CCC1CC(N2CCNCC2)CC1C. The summed E-state index contributed by atoms with van der Waals surface area (Å²) in [6.45, 7) is 9.72. The highest BCUT2D eigenvalue weighted by Gasteiger charge is 2.33. The van der Waals surface area contributed by atoms with E-state index < -0.39 is 0 Å². The van der Waals surface area contributed by atoms with Crippen molar-refractivity contribution >= 4 is 0 Å². The average Bonchev–Trinajstić information content (AvgIpc) is 2.61. The molecule has 2 aliphatic rings. The molecule has 0 aromatic carbocycles. The molecule has 0 radical (unpaired) electrons. The molecular weight excluding hydrogens is 172 g/mol. The topological polar surface area (TPSA) is 15.3 Å². The number of nitrogens with zero attached hydrogens (tertiary/aromatic N) is 1. The van der Waals surface area contributed by atoms with Gasteiger partial charge in [0.05, 0.1) is 0 Å². The van der Waals surface area contributed by atoms with Crippen molar-refractivity contribution in [3.8, 4) is 0 Å². The fourth-order valence-corrected chi connectivity index (χ4v) is 3.21. The van der Waals surface area contributed by atoms with Crippen molar-refractivity contribution in [3.63, 3.8) is 0 Å². The van der Waals surface area contributed by atoms with Crippen LogP contribution in [-0.2, 0) is 0 Å². The molecule has 2 rings (SSSR count). The van der Waals surface area contributed by atoms with Gasteiger partial charge in [-0.3, -0.25) is 4.90 Å². The maximum Gasteiger partial charge on any atom is 0.0110 e. The highest BCUT2D eigenvalue weighted by molar-refractivity contribution is 4.88. The molecule has 1 saturated heterocycles. The third-order valence-electron chi connectivity index (χ3n) is 4.22. The summed E-state index contributed by atoms with van der Waals surface area (Å²) < 4.78 is 0. The minimum Gasteiger partial charge on any atom is -0.314 e. The van der Waals surface area contributed by atoms with Gasteiger partial charge in [-0.05, 0) is 24.7 Å². The molecule has 3 unspecified atom stereocenters. The number of nitrogens with one attached hydrogen (secondary N) is 1. The fraction of sp³-hybridized carbons (Fsp3) is 1.00. The zero-order chi connectivity index (χ0) is 9.97. The highest BCUT2D eigenvalue weighted by atomic mass is 15.2. The molecule has 2 heteroatoms. The van der Waals surface area contributed by atoms with Gasteiger partial charge in [-0.1, -0.05) is 20.3 Å². The monoisotopic (exact) mass is 196 g/mol. The Morgan fingerprint density at radius 2 is 1.93 bits per heavy atom. The lowest BCUT2D eigenvalue weighted by Crippen LogP contribution is -2.47. The van der Waals surface area contributed by atoms with Gasteiger partial charge in [0, 0.05) is 32.2 Å². The summed E-state index contributed by atoms with van der Waals surface area (Å²) in [7, 11) is 0. The molecule has 3 atom stereocenters. The zero-order valence-corrected chi connectivity index (χ0v) is 9.63. The van der Waals surface area contributed by atoms with Crippen molar-refractivity contribution in [2.75, 3.05) is 26.2 Å². The Labute approximate surface area is 88.1 Å². The molecule has 0 aromatic heterocycles. The van der Waals surface area contributed by atoms with Crippen LogP contribution in [-0.4, -0.2) is 37.1 Å². The summed E-state index contributed by atoms with van der Waals surface area (Å²) in [5.41, 5.74) is 0. The van der Waals surface area contributed by atoms with Gasteiger partial charge in [-0.15, -0.1) is 0 Å². The molecule has 82 valence electrons. The van der Waals surface area contributed by atoms with Gasteiger partial charge in [0.25, 0.3) is 0 Å². The van der Waals surface area contributed by atoms with E-state index in [2.05, 4.69) is 24.1 Å². The zero-order valence-electron chi connectivity index (χ0n) is 9.63. The van der Waals surface area contributed by atoms with Crippen LogP contribution >= 0.6 is 0 Å². The van der Waals surface area contributed by atoms with Gasteiger partial charge < -0.3 is 5.32 Å². The maximum absolute atomic E-state index is 3.43. The molecular formula is C12H24N2. The van der Waals surface area contributed by atoms with E-state index in [1.54, 1.807) is 0 Å². The second-order valence-electron chi connectivity index (χ2n) is 5.06. The average molecular weight is 196 g/mol. The summed E-state index contributed by atoms with van der Waals surface area (Å²) >= 11 is 0. The lowest BCUT2D eigenvalue weighted by molar-refractivity contribution is 0.170. The van der Waals surface area contributed by atoms with Crippen LogP contribution in [0.5, 0.6) is 0 Å². The van der Waals surface area contributed by atoms with E-state index in [1.165, 1.54) is 45.4 Å². The first-order valence-corrected chi connectivity index (χ1v) is 6.26. The summed E-state index contributed by atoms with van der Waals surface area (Å²) in [4.78, 5) is 2.71. The second-order valence-corrected chi connectivity index (χ2v) is 5.06. The van der Waals surface area contributed by atoms with Crippen molar-refractivity contribution in [2.45, 2.75) is 39.2 Å². The van der Waals surface area contributed by atoms with Crippen molar-refractivity contribution < 1.29 is 0 Å². The maximum atomic E-state index is 3.43. The largest absolute Gasteiger partial charge is 0.314 e. The van der Waals surface area contributed by atoms with E-state index in [9.17, 15) is 0 Å². The van der Waals surface area contributed by atoms with Crippen LogP contribution in [0, 0.1) is 11.8 Å². The second kappa shape index (κ2) is 4.63. The minimum atomic E-state index is 0.900.